The highest BCUT2D eigenvalue weighted by molar-refractivity contribution is 14.1. The monoisotopic (exact) mass is 559 g/mol. The summed E-state index contributed by atoms with van der Waals surface area (Å²) in [7, 11) is 1.51. The lowest BCUT2D eigenvalue weighted by molar-refractivity contribution is -0.238. The van der Waals surface area contributed by atoms with E-state index in [-0.39, 0.29) is 17.3 Å². The minimum atomic E-state index is -2.22. The van der Waals surface area contributed by atoms with Crippen LogP contribution < -0.4 is 5.32 Å². The average Bonchev–Trinajstić information content (AvgIpc) is 2.50. The standard InChI is InChI=1S/C12H19I2NO8/c1-15-5-2-3-7(17)22-12(14,23-11(5)21)10(20)9(19)8(18)6(16)4-13/h5-6,8-10,15-16,18-20H,2-4H2,1H3/t5-,6?,8?,9?,10?,12?/m1/s1. The van der Waals surface area contributed by atoms with Crippen LogP contribution in [0.25, 0.3) is 0 Å². The fourth-order valence-corrected chi connectivity index (χ4v) is 3.26. The number of likely N-dealkylation sites (N-methyl/N-ethyl adjacent to an activating group) is 1. The summed E-state index contributed by atoms with van der Waals surface area (Å²) < 4.78 is 7.88. The maximum absolute atomic E-state index is 12.0. The molecule has 5 N–H and O–H groups in total. The number of hydrogen-bond acceptors (Lipinski definition) is 9. The van der Waals surface area contributed by atoms with Gasteiger partial charge in [0.1, 0.15) is 18.2 Å². The molecule has 1 saturated heterocycles. The number of nitrogens with one attached hydrogen (secondary N) is 1. The van der Waals surface area contributed by atoms with Gasteiger partial charge in [0.15, 0.2) is 6.10 Å². The van der Waals surface area contributed by atoms with Gasteiger partial charge < -0.3 is 35.2 Å². The molecule has 0 bridgehead atoms. The SMILES string of the molecule is CN[C@@H]1CCC(=O)OC(I)(C(O)C(O)C(O)C(O)CI)OC1=O. The van der Waals surface area contributed by atoms with E-state index in [0.29, 0.717) is 0 Å². The van der Waals surface area contributed by atoms with Gasteiger partial charge in [0.05, 0.1) is 6.10 Å². The molecule has 1 heterocycles. The number of aliphatic hydroxyl groups excluding tert-OH is 4. The fraction of sp³-hybridized carbons (Fsp3) is 0.833. The quantitative estimate of drug-likeness (QED) is 0.148. The molecule has 11 heteroatoms. The number of cyclic esters (lactones) is 2. The zero-order valence-corrected chi connectivity index (χ0v) is 16.5. The number of ether oxygens (including phenoxy) is 2. The Hall–Kier alpha value is 0.200. The van der Waals surface area contributed by atoms with E-state index in [1.165, 1.54) is 29.6 Å². The van der Waals surface area contributed by atoms with Gasteiger partial charge in [-0.25, -0.2) is 0 Å². The summed E-state index contributed by atoms with van der Waals surface area (Å²) in [6, 6.07) is -0.772. The van der Waals surface area contributed by atoms with Crippen LogP contribution in [-0.4, -0.2) is 78.1 Å². The molecule has 5 unspecified atom stereocenters. The Balaban J connectivity index is 2.99. The van der Waals surface area contributed by atoms with Crippen molar-refractivity contribution >= 4 is 57.1 Å². The molecular formula is C12H19I2NO8. The second-order valence-electron chi connectivity index (χ2n) is 5.01. The lowest BCUT2D eigenvalue weighted by Gasteiger charge is -2.37. The highest BCUT2D eigenvalue weighted by Gasteiger charge is 2.51. The van der Waals surface area contributed by atoms with Crippen LogP contribution in [-0.2, 0) is 19.1 Å². The van der Waals surface area contributed by atoms with Crippen LogP contribution in [0.2, 0.25) is 0 Å². The van der Waals surface area contributed by atoms with Crippen LogP contribution in [0.3, 0.4) is 0 Å². The van der Waals surface area contributed by atoms with Gasteiger partial charge in [-0.2, -0.15) is 0 Å². The average molecular weight is 559 g/mol. The first-order chi connectivity index (χ1) is 10.7. The Kier molecular flexibility index (Phi) is 8.36. The lowest BCUT2D eigenvalue weighted by Crippen LogP contribution is -2.58. The lowest BCUT2D eigenvalue weighted by atomic mass is 10.0. The number of hydrogen-bond donors (Lipinski definition) is 5. The minimum absolute atomic E-state index is 0.0902. The van der Waals surface area contributed by atoms with E-state index in [0.717, 1.165) is 0 Å². The van der Waals surface area contributed by atoms with Gasteiger partial charge >= 0.3 is 15.7 Å². The molecule has 9 nitrogen and oxygen atoms in total. The third kappa shape index (κ3) is 5.34. The van der Waals surface area contributed by atoms with Crippen LogP contribution in [0.1, 0.15) is 12.8 Å². The molecule has 1 aliphatic rings. The van der Waals surface area contributed by atoms with Crippen LogP contribution in [0, 0.1) is 0 Å². The molecule has 0 aromatic heterocycles. The van der Waals surface area contributed by atoms with Gasteiger partial charge in [-0.05, 0) is 13.5 Å². The Morgan fingerprint density at radius 2 is 1.87 bits per heavy atom. The van der Waals surface area contributed by atoms with Crippen LogP contribution in [0.5, 0.6) is 0 Å². The van der Waals surface area contributed by atoms with E-state index < -0.39 is 46.2 Å². The summed E-state index contributed by atoms with van der Waals surface area (Å²) in [5.74, 6) is -1.51. The topological polar surface area (TPSA) is 146 Å². The molecule has 0 aromatic carbocycles. The first kappa shape index (κ1) is 21.2. The Morgan fingerprint density at radius 1 is 1.26 bits per heavy atom. The number of aliphatic hydroxyl groups is 4. The maximum Gasteiger partial charge on any atom is 0.336 e. The van der Waals surface area contributed by atoms with E-state index in [1.54, 1.807) is 22.6 Å². The molecule has 23 heavy (non-hydrogen) atoms. The molecular weight excluding hydrogens is 540 g/mol. The summed E-state index contributed by atoms with van der Waals surface area (Å²) in [6.45, 7) is 0. The molecule has 0 amide bonds. The van der Waals surface area contributed by atoms with Gasteiger partial charge in [0.2, 0.25) is 0 Å². The predicted molar refractivity (Wildman–Crippen MR) is 93.9 cm³/mol. The van der Waals surface area contributed by atoms with Crippen molar-refractivity contribution < 1.29 is 39.5 Å². The molecule has 0 radical (unpaired) electrons. The van der Waals surface area contributed by atoms with Crippen molar-refractivity contribution in [2.24, 2.45) is 0 Å². The van der Waals surface area contributed by atoms with E-state index >= 15 is 0 Å². The van der Waals surface area contributed by atoms with Crippen molar-refractivity contribution in [3.63, 3.8) is 0 Å². The molecule has 1 aliphatic heterocycles. The second kappa shape index (κ2) is 9.05. The Labute approximate surface area is 160 Å². The molecule has 1 fully saturated rings. The smallest absolute Gasteiger partial charge is 0.336 e. The summed E-state index contributed by atoms with van der Waals surface area (Å²) >= 11 is 3.17. The summed E-state index contributed by atoms with van der Waals surface area (Å²) in [5, 5.41) is 42.2. The van der Waals surface area contributed by atoms with Crippen molar-refractivity contribution in [3.05, 3.63) is 0 Å². The van der Waals surface area contributed by atoms with E-state index in [1.807, 2.05) is 0 Å². The number of rotatable bonds is 6. The number of halogens is 2. The van der Waals surface area contributed by atoms with E-state index in [4.69, 9.17) is 9.47 Å². The van der Waals surface area contributed by atoms with Gasteiger partial charge in [0, 0.05) is 33.4 Å². The zero-order valence-electron chi connectivity index (χ0n) is 12.2. The van der Waals surface area contributed by atoms with Crippen LogP contribution in [0.4, 0.5) is 0 Å². The highest BCUT2D eigenvalue weighted by Crippen LogP contribution is 2.33. The molecule has 0 spiro atoms. The summed E-state index contributed by atoms with van der Waals surface area (Å²) in [6.07, 6.45) is -6.81. The minimum Gasteiger partial charge on any atom is -0.411 e. The Morgan fingerprint density at radius 3 is 2.39 bits per heavy atom. The molecule has 0 aliphatic carbocycles. The van der Waals surface area contributed by atoms with Gasteiger partial charge in [-0.1, -0.05) is 22.6 Å². The molecule has 0 aromatic rings. The number of carbonyl (C=O) groups excluding carboxylic acids is 2. The maximum atomic E-state index is 12.0. The predicted octanol–water partition coefficient (Wildman–Crippen LogP) is -1.58. The molecule has 6 atom stereocenters. The van der Waals surface area contributed by atoms with Crippen molar-refractivity contribution in [2.45, 2.75) is 47.1 Å². The normalized spacial score (nSPS) is 31.2. The van der Waals surface area contributed by atoms with E-state index in [9.17, 15) is 30.0 Å². The fourth-order valence-electron chi connectivity index (χ4n) is 1.91. The van der Waals surface area contributed by atoms with Crippen LogP contribution in [0.15, 0.2) is 0 Å². The summed E-state index contributed by atoms with van der Waals surface area (Å²) in [4.78, 5) is 23.8. The first-order valence-corrected chi connectivity index (χ1v) is 9.35. The zero-order chi connectivity index (χ0) is 17.8. The summed E-state index contributed by atoms with van der Waals surface area (Å²) in [5.41, 5.74) is 0. The third-order valence-electron chi connectivity index (χ3n) is 3.34. The Bertz CT molecular complexity index is 439. The number of alkyl halides is 2. The van der Waals surface area contributed by atoms with Gasteiger partial charge in [-0.3, -0.25) is 9.59 Å². The third-order valence-corrected chi connectivity index (χ3v) is 5.32. The van der Waals surface area contributed by atoms with E-state index in [2.05, 4.69) is 5.32 Å². The van der Waals surface area contributed by atoms with Crippen LogP contribution >= 0.6 is 45.2 Å². The van der Waals surface area contributed by atoms with Crippen molar-refractivity contribution in [1.82, 2.24) is 5.32 Å². The first-order valence-electron chi connectivity index (χ1n) is 6.75. The molecule has 1 rings (SSSR count). The highest BCUT2D eigenvalue weighted by atomic mass is 127. The van der Waals surface area contributed by atoms with Crippen molar-refractivity contribution in [2.75, 3.05) is 11.5 Å². The molecule has 134 valence electrons. The van der Waals surface area contributed by atoms with Gasteiger partial charge in [0.25, 0.3) is 0 Å². The van der Waals surface area contributed by atoms with Crippen molar-refractivity contribution in [3.8, 4) is 0 Å². The van der Waals surface area contributed by atoms with Crippen molar-refractivity contribution in [1.29, 1.82) is 0 Å². The number of esters is 2. The number of carbonyl (C=O) groups is 2. The second-order valence-corrected chi connectivity index (χ2v) is 7.39. The largest absolute Gasteiger partial charge is 0.411 e. The molecule has 0 saturated carbocycles. The van der Waals surface area contributed by atoms with Gasteiger partial charge in [-0.15, -0.1) is 0 Å².